The fourth-order valence-corrected chi connectivity index (χ4v) is 3.28. The average molecular weight is 355 g/mol. The third-order valence-corrected chi connectivity index (χ3v) is 4.59. The van der Waals surface area contributed by atoms with Gasteiger partial charge in [-0.1, -0.05) is 23.7 Å². The number of amides is 1. The number of sulfonamides is 1. The fraction of sp³-hybridized carbons (Fsp3) is 0.133. The summed E-state index contributed by atoms with van der Waals surface area (Å²) in [6.45, 7) is 1.34. The van der Waals surface area contributed by atoms with Crippen molar-refractivity contribution in [1.82, 2.24) is 0 Å². The molecule has 0 aliphatic heterocycles. The highest BCUT2D eigenvalue weighted by molar-refractivity contribution is 7.92. The molecule has 0 saturated carbocycles. The quantitative estimate of drug-likeness (QED) is 0.864. The van der Waals surface area contributed by atoms with Gasteiger partial charge < -0.3 is 10.1 Å². The van der Waals surface area contributed by atoms with Crippen LogP contribution in [0.5, 0.6) is 5.75 Å². The molecule has 2 aromatic carbocycles. The summed E-state index contributed by atoms with van der Waals surface area (Å²) in [5.41, 5.74) is 0.660. The molecule has 6 nitrogen and oxygen atoms in total. The third-order valence-electron chi connectivity index (χ3n) is 2.91. The van der Waals surface area contributed by atoms with Crippen molar-refractivity contribution in [3.05, 3.63) is 47.5 Å². The summed E-state index contributed by atoms with van der Waals surface area (Å²) in [4.78, 5) is 11.0. The predicted octanol–water partition coefficient (Wildman–Crippen LogP) is 3.11. The van der Waals surface area contributed by atoms with Gasteiger partial charge in [-0.3, -0.25) is 9.52 Å². The highest BCUT2D eigenvalue weighted by Crippen LogP contribution is 2.29. The van der Waals surface area contributed by atoms with E-state index in [2.05, 4.69) is 10.0 Å². The SMILES string of the molecule is COc1ccccc1NS(=O)(=O)c1ccc(NC(C)=O)c(Cl)c1. The number of rotatable bonds is 5. The molecule has 122 valence electrons. The normalized spacial score (nSPS) is 10.9. The Labute approximate surface area is 139 Å². The monoisotopic (exact) mass is 354 g/mol. The van der Waals surface area contributed by atoms with Gasteiger partial charge in [0.15, 0.2) is 0 Å². The Morgan fingerprint density at radius 1 is 1.13 bits per heavy atom. The molecule has 0 fully saturated rings. The van der Waals surface area contributed by atoms with Gasteiger partial charge in [0, 0.05) is 6.92 Å². The lowest BCUT2D eigenvalue weighted by Crippen LogP contribution is -2.14. The third kappa shape index (κ3) is 4.14. The molecule has 23 heavy (non-hydrogen) atoms. The molecule has 0 atom stereocenters. The van der Waals surface area contributed by atoms with E-state index < -0.39 is 10.0 Å². The maximum Gasteiger partial charge on any atom is 0.262 e. The maximum atomic E-state index is 12.4. The van der Waals surface area contributed by atoms with Gasteiger partial charge in [-0.15, -0.1) is 0 Å². The van der Waals surface area contributed by atoms with Crippen molar-refractivity contribution in [3.8, 4) is 5.75 Å². The Bertz CT molecular complexity index is 837. The van der Waals surface area contributed by atoms with E-state index in [1.807, 2.05) is 0 Å². The van der Waals surface area contributed by atoms with Gasteiger partial charge in [0.1, 0.15) is 5.75 Å². The Hall–Kier alpha value is -2.25. The van der Waals surface area contributed by atoms with Crippen LogP contribution in [0.1, 0.15) is 6.92 Å². The molecule has 0 aromatic heterocycles. The van der Waals surface area contributed by atoms with Crippen LogP contribution in [-0.2, 0) is 14.8 Å². The number of nitrogens with one attached hydrogen (secondary N) is 2. The van der Waals surface area contributed by atoms with E-state index in [1.54, 1.807) is 24.3 Å². The van der Waals surface area contributed by atoms with E-state index in [9.17, 15) is 13.2 Å². The first kappa shape index (κ1) is 17.1. The molecular formula is C15H15ClN2O4S. The molecule has 0 heterocycles. The standard InChI is InChI=1S/C15H15ClN2O4S/c1-10(19)17-13-8-7-11(9-12(13)16)23(20,21)18-14-5-3-4-6-15(14)22-2/h3-9,18H,1-2H3,(H,17,19). The Morgan fingerprint density at radius 2 is 1.83 bits per heavy atom. The molecule has 0 aliphatic carbocycles. The van der Waals surface area contributed by atoms with Gasteiger partial charge in [-0.2, -0.15) is 0 Å². The molecule has 0 bridgehead atoms. The van der Waals surface area contributed by atoms with Crippen LogP contribution in [0, 0.1) is 0 Å². The number of methoxy groups -OCH3 is 1. The number of ether oxygens (including phenoxy) is 1. The second kappa shape index (κ2) is 6.89. The van der Waals surface area contributed by atoms with E-state index in [4.69, 9.17) is 16.3 Å². The molecule has 0 unspecified atom stereocenters. The topological polar surface area (TPSA) is 84.5 Å². The first-order chi connectivity index (χ1) is 10.8. The smallest absolute Gasteiger partial charge is 0.262 e. The summed E-state index contributed by atoms with van der Waals surface area (Å²) in [5.74, 6) is 0.103. The van der Waals surface area contributed by atoms with Crippen molar-refractivity contribution in [3.63, 3.8) is 0 Å². The molecule has 8 heteroatoms. The highest BCUT2D eigenvalue weighted by Gasteiger charge is 2.18. The first-order valence-electron chi connectivity index (χ1n) is 6.56. The minimum absolute atomic E-state index is 0.0255. The zero-order valence-corrected chi connectivity index (χ0v) is 14.0. The average Bonchev–Trinajstić information content (AvgIpc) is 2.49. The number of carbonyl (C=O) groups is 1. The summed E-state index contributed by atoms with van der Waals surface area (Å²) in [6, 6.07) is 10.7. The van der Waals surface area contributed by atoms with Crippen LogP contribution in [-0.4, -0.2) is 21.4 Å². The van der Waals surface area contributed by atoms with Gasteiger partial charge in [0.25, 0.3) is 10.0 Å². The van der Waals surface area contributed by atoms with Crippen molar-refractivity contribution in [2.45, 2.75) is 11.8 Å². The highest BCUT2D eigenvalue weighted by atomic mass is 35.5. The van der Waals surface area contributed by atoms with Crippen LogP contribution >= 0.6 is 11.6 Å². The van der Waals surface area contributed by atoms with Crippen LogP contribution in [0.2, 0.25) is 5.02 Å². The number of benzene rings is 2. The van der Waals surface area contributed by atoms with Crippen LogP contribution < -0.4 is 14.8 Å². The van der Waals surface area contributed by atoms with Crippen molar-refractivity contribution in [1.29, 1.82) is 0 Å². The predicted molar refractivity (Wildman–Crippen MR) is 89.6 cm³/mol. The van der Waals surface area contributed by atoms with Crippen molar-refractivity contribution < 1.29 is 17.9 Å². The number of carbonyl (C=O) groups excluding carboxylic acids is 1. The molecule has 2 N–H and O–H groups in total. The van der Waals surface area contributed by atoms with E-state index in [1.165, 1.54) is 32.2 Å². The van der Waals surface area contributed by atoms with E-state index in [0.29, 0.717) is 17.1 Å². The molecule has 1 amide bonds. The number of para-hydroxylation sites is 2. The van der Waals surface area contributed by atoms with Crippen molar-refractivity contribution in [2.24, 2.45) is 0 Å². The van der Waals surface area contributed by atoms with Gasteiger partial charge >= 0.3 is 0 Å². The number of hydrogen-bond donors (Lipinski definition) is 2. The molecular weight excluding hydrogens is 340 g/mol. The summed E-state index contributed by atoms with van der Waals surface area (Å²) < 4.78 is 32.4. The lowest BCUT2D eigenvalue weighted by atomic mass is 10.3. The number of halogens is 1. The van der Waals surface area contributed by atoms with E-state index >= 15 is 0 Å². The zero-order valence-electron chi connectivity index (χ0n) is 12.5. The summed E-state index contributed by atoms with van der Waals surface area (Å²) in [5, 5.41) is 2.64. The molecule has 0 aliphatic rings. The van der Waals surface area contributed by atoms with Gasteiger partial charge in [-0.25, -0.2) is 8.42 Å². The van der Waals surface area contributed by atoms with E-state index in [-0.39, 0.29) is 15.8 Å². The first-order valence-corrected chi connectivity index (χ1v) is 8.42. The van der Waals surface area contributed by atoms with Crippen LogP contribution in [0.25, 0.3) is 0 Å². The second-order valence-corrected chi connectivity index (χ2v) is 6.72. The molecule has 0 saturated heterocycles. The summed E-state index contributed by atoms with van der Waals surface area (Å²) >= 11 is 6.01. The van der Waals surface area contributed by atoms with Gasteiger partial charge in [0.2, 0.25) is 5.91 Å². The van der Waals surface area contributed by atoms with Crippen LogP contribution in [0.3, 0.4) is 0 Å². The zero-order chi connectivity index (χ0) is 17.0. The number of hydrogen-bond acceptors (Lipinski definition) is 4. The van der Waals surface area contributed by atoms with Crippen LogP contribution in [0.15, 0.2) is 47.4 Å². The fourth-order valence-electron chi connectivity index (χ4n) is 1.89. The summed E-state index contributed by atoms with van der Waals surface area (Å²) in [6.07, 6.45) is 0. The van der Waals surface area contributed by atoms with E-state index in [0.717, 1.165) is 0 Å². The van der Waals surface area contributed by atoms with Crippen molar-refractivity contribution in [2.75, 3.05) is 17.1 Å². The van der Waals surface area contributed by atoms with Crippen molar-refractivity contribution >= 4 is 38.9 Å². The van der Waals surface area contributed by atoms with Gasteiger partial charge in [-0.05, 0) is 30.3 Å². The second-order valence-electron chi connectivity index (χ2n) is 4.63. The Kier molecular flexibility index (Phi) is 5.12. The largest absolute Gasteiger partial charge is 0.495 e. The lowest BCUT2D eigenvalue weighted by Gasteiger charge is -2.12. The minimum Gasteiger partial charge on any atom is -0.495 e. The maximum absolute atomic E-state index is 12.4. The number of anilines is 2. The van der Waals surface area contributed by atoms with Gasteiger partial charge in [0.05, 0.1) is 28.4 Å². The lowest BCUT2D eigenvalue weighted by molar-refractivity contribution is -0.114. The minimum atomic E-state index is -3.84. The Balaban J connectivity index is 2.33. The molecule has 0 spiro atoms. The molecule has 2 aromatic rings. The molecule has 2 rings (SSSR count). The summed E-state index contributed by atoms with van der Waals surface area (Å²) in [7, 11) is -2.39. The molecule has 0 radical (unpaired) electrons. The Morgan fingerprint density at radius 3 is 2.43 bits per heavy atom. The van der Waals surface area contributed by atoms with Crippen LogP contribution in [0.4, 0.5) is 11.4 Å².